The van der Waals surface area contributed by atoms with Crippen molar-refractivity contribution in [2.75, 3.05) is 0 Å². The molecule has 3 heteroatoms. The van der Waals surface area contributed by atoms with E-state index in [1.54, 1.807) is 0 Å². The van der Waals surface area contributed by atoms with Gasteiger partial charge in [0, 0.05) is 24.3 Å². The van der Waals surface area contributed by atoms with Gasteiger partial charge in [0.2, 0.25) is 0 Å². The molecule has 0 atom stereocenters. The van der Waals surface area contributed by atoms with Crippen LogP contribution in [0.3, 0.4) is 0 Å². The summed E-state index contributed by atoms with van der Waals surface area (Å²) in [6, 6.07) is 4.89. The first-order valence-corrected chi connectivity index (χ1v) is 10.2. The largest absolute Gasteiger partial charge is 0.308 e. The van der Waals surface area contributed by atoms with E-state index in [1.165, 1.54) is 19.3 Å². The van der Waals surface area contributed by atoms with Gasteiger partial charge >= 0.3 is 0 Å². The fraction of sp³-hybridized carbons (Fsp3) is 0.533. The van der Waals surface area contributed by atoms with E-state index in [2.05, 4.69) is 53.5 Å². The zero-order chi connectivity index (χ0) is 13.0. The molecular formula is C15H22N2Si. The first kappa shape index (κ1) is 13.3. The number of rotatable bonds is 3. The van der Waals surface area contributed by atoms with Gasteiger partial charge in [-0.25, -0.2) is 0 Å². The van der Waals surface area contributed by atoms with Gasteiger partial charge in [0.15, 0.2) is 0 Å². The van der Waals surface area contributed by atoms with Gasteiger partial charge in [-0.3, -0.25) is 4.98 Å². The summed E-state index contributed by atoms with van der Waals surface area (Å²) in [4.78, 5) is 4.46. The molecule has 1 aliphatic rings. The fourth-order valence-electron chi connectivity index (χ4n) is 1.72. The highest BCUT2D eigenvalue weighted by atomic mass is 28.3. The number of aromatic nitrogens is 1. The van der Waals surface area contributed by atoms with E-state index in [1.807, 2.05) is 6.20 Å². The predicted molar refractivity (Wildman–Crippen MR) is 78.9 cm³/mol. The van der Waals surface area contributed by atoms with Crippen LogP contribution >= 0.6 is 0 Å². The number of hydrogen-bond acceptors (Lipinski definition) is 2. The lowest BCUT2D eigenvalue weighted by Crippen LogP contribution is -2.34. The Morgan fingerprint density at radius 3 is 2.61 bits per heavy atom. The highest BCUT2D eigenvalue weighted by Crippen LogP contribution is 2.18. The zero-order valence-electron chi connectivity index (χ0n) is 11.6. The Balaban J connectivity index is 1.89. The molecule has 0 amide bonds. The summed E-state index contributed by atoms with van der Waals surface area (Å²) in [6.45, 7) is 7.64. The minimum absolute atomic E-state index is 0.721. The minimum atomic E-state index is -1.28. The predicted octanol–water partition coefficient (Wildman–Crippen LogP) is 2.95. The van der Waals surface area contributed by atoms with Crippen LogP contribution < -0.4 is 5.32 Å². The van der Waals surface area contributed by atoms with Crippen molar-refractivity contribution in [3.05, 3.63) is 29.6 Å². The maximum absolute atomic E-state index is 4.46. The molecule has 0 radical (unpaired) electrons. The lowest BCUT2D eigenvalue weighted by Gasteiger charge is -2.26. The molecule has 2 rings (SSSR count). The summed E-state index contributed by atoms with van der Waals surface area (Å²) in [7, 11) is -1.28. The Kier molecular flexibility index (Phi) is 4.21. The molecule has 1 N–H and O–H groups in total. The topological polar surface area (TPSA) is 24.9 Å². The average molecular weight is 258 g/mol. The van der Waals surface area contributed by atoms with Gasteiger partial charge in [-0.1, -0.05) is 32.0 Å². The highest BCUT2D eigenvalue weighted by Gasteiger charge is 2.16. The molecule has 0 aromatic carbocycles. The summed E-state index contributed by atoms with van der Waals surface area (Å²) >= 11 is 0. The van der Waals surface area contributed by atoms with E-state index in [0.29, 0.717) is 0 Å². The summed E-state index contributed by atoms with van der Waals surface area (Å²) in [6.07, 6.45) is 5.90. The average Bonchev–Trinajstić information content (AvgIpc) is 2.25. The van der Waals surface area contributed by atoms with Crippen LogP contribution in [-0.2, 0) is 6.54 Å². The van der Waals surface area contributed by atoms with E-state index in [0.717, 1.165) is 23.8 Å². The third-order valence-electron chi connectivity index (χ3n) is 3.08. The molecule has 0 spiro atoms. The van der Waals surface area contributed by atoms with Crippen LogP contribution in [0.25, 0.3) is 0 Å². The monoisotopic (exact) mass is 258 g/mol. The Labute approximate surface area is 111 Å². The van der Waals surface area contributed by atoms with Crippen molar-refractivity contribution in [1.29, 1.82) is 0 Å². The number of nitrogens with one attached hydrogen (secondary N) is 1. The van der Waals surface area contributed by atoms with Gasteiger partial charge < -0.3 is 5.32 Å². The third-order valence-corrected chi connectivity index (χ3v) is 3.96. The van der Waals surface area contributed by atoms with Crippen LogP contribution in [0.4, 0.5) is 0 Å². The lowest BCUT2D eigenvalue weighted by atomic mass is 9.93. The van der Waals surface area contributed by atoms with Gasteiger partial charge in [0.05, 0.1) is 5.69 Å². The second-order valence-corrected chi connectivity index (χ2v) is 10.8. The zero-order valence-corrected chi connectivity index (χ0v) is 12.6. The van der Waals surface area contributed by atoms with E-state index < -0.39 is 8.07 Å². The lowest BCUT2D eigenvalue weighted by molar-refractivity contribution is 0.337. The van der Waals surface area contributed by atoms with Crippen LogP contribution in [0, 0.1) is 11.5 Å². The molecule has 1 fully saturated rings. The Morgan fingerprint density at radius 1 is 1.33 bits per heavy atom. The van der Waals surface area contributed by atoms with Crippen LogP contribution in [-0.4, -0.2) is 19.1 Å². The van der Waals surface area contributed by atoms with Crippen molar-refractivity contribution in [1.82, 2.24) is 10.3 Å². The quantitative estimate of drug-likeness (QED) is 0.666. The summed E-state index contributed by atoms with van der Waals surface area (Å²) in [5.74, 6) is 3.23. The van der Waals surface area contributed by atoms with Crippen molar-refractivity contribution < 1.29 is 0 Å². The molecule has 1 aliphatic carbocycles. The first-order valence-electron chi connectivity index (χ1n) is 6.74. The molecule has 1 aromatic heterocycles. The minimum Gasteiger partial charge on any atom is -0.308 e. The van der Waals surface area contributed by atoms with E-state index >= 15 is 0 Å². The first-order chi connectivity index (χ1) is 8.53. The van der Waals surface area contributed by atoms with Crippen molar-refractivity contribution >= 4 is 8.07 Å². The smallest absolute Gasteiger partial charge is 0.129 e. The molecule has 0 aliphatic heterocycles. The molecule has 1 saturated carbocycles. The van der Waals surface area contributed by atoms with Crippen molar-refractivity contribution in [3.8, 4) is 11.5 Å². The van der Waals surface area contributed by atoms with Crippen LogP contribution in [0.5, 0.6) is 0 Å². The fourth-order valence-corrected chi connectivity index (χ4v) is 2.24. The highest BCUT2D eigenvalue weighted by molar-refractivity contribution is 6.83. The second kappa shape index (κ2) is 5.68. The Bertz CT molecular complexity index is 444. The molecule has 0 bridgehead atoms. The van der Waals surface area contributed by atoms with Gasteiger partial charge in [0.25, 0.3) is 0 Å². The summed E-state index contributed by atoms with van der Waals surface area (Å²) in [5.41, 5.74) is 5.50. The number of hydrogen-bond donors (Lipinski definition) is 1. The number of nitrogens with zero attached hydrogens (tertiary/aromatic N) is 1. The van der Waals surface area contributed by atoms with E-state index in [9.17, 15) is 0 Å². The molecule has 2 nitrogen and oxygen atoms in total. The molecule has 1 aromatic rings. The summed E-state index contributed by atoms with van der Waals surface area (Å²) in [5, 5.41) is 3.52. The number of pyridine rings is 1. The normalized spacial score (nSPS) is 15.7. The molecule has 0 unspecified atom stereocenters. The second-order valence-electron chi connectivity index (χ2n) is 6.05. The maximum atomic E-state index is 4.46. The Morgan fingerprint density at radius 2 is 2.11 bits per heavy atom. The third kappa shape index (κ3) is 4.28. The standard InChI is InChI=1S/C15H22N2Si/c1-18(2,3)10-9-13-7-8-15(16-11-13)12-17-14-5-4-6-14/h7-8,11,14,17H,4-6,12H2,1-3H3. The Hall–Kier alpha value is -1.11. The molecule has 96 valence electrons. The van der Waals surface area contributed by atoms with Gasteiger partial charge in [-0.15, -0.1) is 5.54 Å². The van der Waals surface area contributed by atoms with Crippen LogP contribution in [0.1, 0.15) is 30.5 Å². The summed E-state index contributed by atoms with van der Waals surface area (Å²) < 4.78 is 0. The van der Waals surface area contributed by atoms with Gasteiger partial charge in [0.1, 0.15) is 8.07 Å². The van der Waals surface area contributed by atoms with Gasteiger partial charge in [-0.2, -0.15) is 0 Å². The SMILES string of the molecule is C[Si](C)(C)C#Cc1ccc(CNC2CCC2)nc1. The molecule has 1 heterocycles. The van der Waals surface area contributed by atoms with Gasteiger partial charge in [-0.05, 0) is 25.0 Å². The molecular weight excluding hydrogens is 236 g/mol. The van der Waals surface area contributed by atoms with Crippen molar-refractivity contribution in [3.63, 3.8) is 0 Å². The maximum Gasteiger partial charge on any atom is 0.129 e. The molecule has 18 heavy (non-hydrogen) atoms. The molecule has 0 saturated heterocycles. The van der Waals surface area contributed by atoms with E-state index in [4.69, 9.17) is 0 Å². The van der Waals surface area contributed by atoms with Crippen LogP contribution in [0.15, 0.2) is 18.3 Å². The van der Waals surface area contributed by atoms with Crippen molar-refractivity contribution in [2.24, 2.45) is 0 Å². The van der Waals surface area contributed by atoms with Crippen LogP contribution in [0.2, 0.25) is 19.6 Å². The van der Waals surface area contributed by atoms with E-state index in [-0.39, 0.29) is 0 Å². The van der Waals surface area contributed by atoms with Crippen molar-refractivity contribution in [2.45, 2.75) is 51.5 Å².